The molecule has 2 aliphatic rings. The Morgan fingerprint density at radius 2 is 1.86 bits per heavy atom. The van der Waals surface area contributed by atoms with Crippen molar-refractivity contribution >= 4 is 11.8 Å². The van der Waals surface area contributed by atoms with Crippen molar-refractivity contribution in [3.05, 3.63) is 0 Å². The van der Waals surface area contributed by atoms with Crippen molar-refractivity contribution in [1.29, 1.82) is 0 Å². The molecule has 21 heavy (non-hydrogen) atoms. The van der Waals surface area contributed by atoms with Crippen molar-refractivity contribution in [1.82, 2.24) is 16.0 Å². The van der Waals surface area contributed by atoms with Gasteiger partial charge in [-0.1, -0.05) is 19.3 Å². The minimum atomic E-state index is -0.0638. The first-order chi connectivity index (χ1) is 10.1. The average Bonchev–Trinajstić information content (AvgIpc) is 2.46. The van der Waals surface area contributed by atoms with Crippen LogP contribution < -0.4 is 16.0 Å². The molecule has 0 aromatic carbocycles. The first-order valence-corrected chi connectivity index (χ1v) is 8.43. The van der Waals surface area contributed by atoms with Gasteiger partial charge in [-0.25, -0.2) is 0 Å². The average molecular weight is 295 g/mol. The first-order valence-electron chi connectivity index (χ1n) is 8.43. The minimum absolute atomic E-state index is 0.0238. The lowest BCUT2D eigenvalue weighted by Gasteiger charge is -2.28. The zero-order valence-electron chi connectivity index (χ0n) is 13.1. The van der Waals surface area contributed by atoms with Crippen LogP contribution in [0.1, 0.15) is 58.3 Å². The lowest BCUT2D eigenvalue weighted by molar-refractivity contribution is -0.127. The van der Waals surface area contributed by atoms with Crippen molar-refractivity contribution < 1.29 is 9.59 Å². The molecule has 120 valence electrons. The highest BCUT2D eigenvalue weighted by molar-refractivity contribution is 5.84. The Morgan fingerprint density at radius 3 is 2.57 bits per heavy atom. The number of piperidine rings is 1. The summed E-state index contributed by atoms with van der Waals surface area (Å²) in [5.74, 6) is 0.480. The summed E-state index contributed by atoms with van der Waals surface area (Å²) in [5.41, 5.74) is 0. The molecule has 5 heteroatoms. The fraction of sp³-hybridized carbons (Fsp3) is 0.875. The van der Waals surface area contributed by atoms with Crippen LogP contribution in [0.5, 0.6) is 0 Å². The number of carbonyl (C=O) groups excluding carboxylic acids is 2. The van der Waals surface area contributed by atoms with Crippen LogP contribution in [0.25, 0.3) is 0 Å². The van der Waals surface area contributed by atoms with Gasteiger partial charge in [0.05, 0.1) is 6.54 Å². The van der Waals surface area contributed by atoms with Crippen LogP contribution >= 0.6 is 0 Å². The van der Waals surface area contributed by atoms with Crippen molar-refractivity contribution in [2.24, 2.45) is 5.92 Å². The molecule has 1 aliphatic carbocycles. The SMILES string of the molecule is CC1CC(NC(=O)CNC(=O)CC2CCCCC2)CCN1. The highest BCUT2D eigenvalue weighted by Gasteiger charge is 2.21. The molecule has 2 rings (SSSR count). The summed E-state index contributed by atoms with van der Waals surface area (Å²) in [6.07, 6.45) is 8.61. The Morgan fingerprint density at radius 1 is 1.10 bits per heavy atom. The largest absolute Gasteiger partial charge is 0.352 e. The van der Waals surface area contributed by atoms with Gasteiger partial charge in [0.15, 0.2) is 0 Å². The lowest BCUT2D eigenvalue weighted by atomic mass is 9.87. The first kappa shape index (κ1) is 16.3. The summed E-state index contributed by atoms with van der Waals surface area (Å²) in [5, 5.41) is 9.14. The summed E-state index contributed by atoms with van der Waals surface area (Å²) < 4.78 is 0. The molecule has 2 unspecified atom stereocenters. The van der Waals surface area contributed by atoms with Gasteiger partial charge in [-0.05, 0) is 45.1 Å². The van der Waals surface area contributed by atoms with E-state index in [9.17, 15) is 9.59 Å². The van der Waals surface area contributed by atoms with Crippen LogP contribution in [-0.4, -0.2) is 37.0 Å². The summed E-state index contributed by atoms with van der Waals surface area (Å²) in [7, 11) is 0. The Labute approximate surface area is 127 Å². The number of nitrogens with one attached hydrogen (secondary N) is 3. The molecular formula is C16H29N3O2. The molecule has 3 N–H and O–H groups in total. The fourth-order valence-corrected chi connectivity index (χ4v) is 3.45. The van der Waals surface area contributed by atoms with E-state index < -0.39 is 0 Å². The monoisotopic (exact) mass is 295 g/mol. The number of hydrogen-bond acceptors (Lipinski definition) is 3. The van der Waals surface area contributed by atoms with E-state index in [1.54, 1.807) is 0 Å². The molecule has 0 aromatic heterocycles. The second-order valence-electron chi connectivity index (χ2n) is 6.63. The van der Waals surface area contributed by atoms with Gasteiger partial charge in [0, 0.05) is 18.5 Å². The lowest BCUT2D eigenvalue weighted by Crippen LogP contribution is -2.49. The molecule has 0 spiro atoms. The Hall–Kier alpha value is -1.10. The molecule has 2 atom stereocenters. The van der Waals surface area contributed by atoms with Crippen LogP contribution in [0.15, 0.2) is 0 Å². The maximum atomic E-state index is 11.9. The van der Waals surface area contributed by atoms with Gasteiger partial charge in [-0.3, -0.25) is 9.59 Å². The third kappa shape index (κ3) is 6.04. The van der Waals surface area contributed by atoms with Crippen LogP contribution in [0.4, 0.5) is 0 Å². The summed E-state index contributed by atoms with van der Waals surface area (Å²) >= 11 is 0. The Kier molecular flexibility index (Phi) is 6.49. The molecule has 1 saturated carbocycles. The summed E-state index contributed by atoms with van der Waals surface area (Å²) in [6.45, 7) is 3.19. The van der Waals surface area contributed by atoms with Crippen molar-refractivity contribution in [2.75, 3.05) is 13.1 Å². The Bertz CT molecular complexity index is 353. The molecule has 2 amide bonds. The fourth-order valence-electron chi connectivity index (χ4n) is 3.45. The van der Waals surface area contributed by atoms with Gasteiger partial charge < -0.3 is 16.0 Å². The van der Waals surface area contributed by atoms with E-state index in [-0.39, 0.29) is 24.4 Å². The third-order valence-electron chi connectivity index (χ3n) is 4.63. The zero-order valence-corrected chi connectivity index (χ0v) is 13.1. The predicted octanol–water partition coefficient (Wildman–Crippen LogP) is 1.33. The van der Waals surface area contributed by atoms with E-state index in [0.29, 0.717) is 18.4 Å². The second-order valence-corrected chi connectivity index (χ2v) is 6.63. The van der Waals surface area contributed by atoms with E-state index in [1.165, 1.54) is 19.3 Å². The normalized spacial score (nSPS) is 27.1. The smallest absolute Gasteiger partial charge is 0.239 e. The predicted molar refractivity (Wildman–Crippen MR) is 82.8 cm³/mol. The number of hydrogen-bond donors (Lipinski definition) is 3. The quantitative estimate of drug-likeness (QED) is 0.716. The maximum absolute atomic E-state index is 11.9. The van der Waals surface area contributed by atoms with E-state index in [0.717, 1.165) is 32.2 Å². The minimum Gasteiger partial charge on any atom is -0.352 e. The standard InChI is InChI=1S/C16H29N3O2/c1-12-9-14(7-8-17-12)19-16(21)11-18-15(20)10-13-5-3-2-4-6-13/h12-14,17H,2-11H2,1H3,(H,18,20)(H,19,21). The van der Waals surface area contributed by atoms with E-state index in [4.69, 9.17) is 0 Å². The highest BCUT2D eigenvalue weighted by Crippen LogP contribution is 2.25. The van der Waals surface area contributed by atoms with Gasteiger partial charge in [-0.15, -0.1) is 0 Å². The van der Waals surface area contributed by atoms with Gasteiger partial charge in [0.2, 0.25) is 11.8 Å². The van der Waals surface area contributed by atoms with Crippen molar-refractivity contribution in [3.63, 3.8) is 0 Å². The van der Waals surface area contributed by atoms with Crippen LogP contribution in [0.3, 0.4) is 0 Å². The van der Waals surface area contributed by atoms with Gasteiger partial charge >= 0.3 is 0 Å². The number of amides is 2. The summed E-state index contributed by atoms with van der Waals surface area (Å²) in [6, 6.07) is 0.689. The van der Waals surface area contributed by atoms with Crippen LogP contribution in [0.2, 0.25) is 0 Å². The van der Waals surface area contributed by atoms with Crippen molar-refractivity contribution in [2.45, 2.75) is 70.4 Å². The van der Waals surface area contributed by atoms with E-state index >= 15 is 0 Å². The second kappa shape index (κ2) is 8.37. The highest BCUT2D eigenvalue weighted by atomic mass is 16.2. The summed E-state index contributed by atoms with van der Waals surface area (Å²) in [4.78, 5) is 23.7. The molecule has 1 saturated heterocycles. The zero-order chi connectivity index (χ0) is 15.1. The molecule has 0 bridgehead atoms. The molecular weight excluding hydrogens is 266 g/mol. The van der Waals surface area contributed by atoms with Gasteiger partial charge in [0.1, 0.15) is 0 Å². The molecule has 0 radical (unpaired) electrons. The number of rotatable bonds is 5. The van der Waals surface area contributed by atoms with Gasteiger partial charge in [-0.2, -0.15) is 0 Å². The molecule has 1 aliphatic heterocycles. The molecule has 1 heterocycles. The third-order valence-corrected chi connectivity index (χ3v) is 4.63. The number of carbonyl (C=O) groups is 2. The topological polar surface area (TPSA) is 70.2 Å². The maximum Gasteiger partial charge on any atom is 0.239 e. The van der Waals surface area contributed by atoms with Crippen LogP contribution in [0, 0.1) is 5.92 Å². The molecule has 5 nitrogen and oxygen atoms in total. The van der Waals surface area contributed by atoms with Gasteiger partial charge in [0.25, 0.3) is 0 Å². The molecule has 2 fully saturated rings. The van der Waals surface area contributed by atoms with E-state index in [1.807, 2.05) is 0 Å². The van der Waals surface area contributed by atoms with E-state index in [2.05, 4.69) is 22.9 Å². The Balaban J connectivity index is 1.60. The van der Waals surface area contributed by atoms with Crippen LogP contribution in [-0.2, 0) is 9.59 Å². The van der Waals surface area contributed by atoms with Crippen molar-refractivity contribution in [3.8, 4) is 0 Å². The molecule has 0 aromatic rings.